The van der Waals surface area contributed by atoms with E-state index in [-0.39, 0.29) is 5.82 Å². The van der Waals surface area contributed by atoms with Crippen LogP contribution in [0.2, 0.25) is 0 Å². The summed E-state index contributed by atoms with van der Waals surface area (Å²) >= 11 is 0. The first-order valence-electron chi connectivity index (χ1n) is 14.0. The third kappa shape index (κ3) is 6.32. The molecule has 0 atom stereocenters. The Labute approximate surface area is 248 Å². The number of halogens is 1. The van der Waals surface area contributed by atoms with Gasteiger partial charge < -0.3 is 24.3 Å². The van der Waals surface area contributed by atoms with E-state index in [2.05, 4.69) is 25.1 Å². The number of H-pyrrole nitrogens is 2. The van der Waals surface area contributed by atoms with Crippen molar-refractivity contribution in [3.05, 3.63) is 72.8 Å². The second-order valence-corrected chi connectivity index (χ2v) is 10.8. The van der Waals surface area contributed by atoms with Gasteiger partial charge in [-0.1, -0.05) is 12.1 Å². The molecule has 2 aromatic carbocycles. The third-order valence-corrected chi connectivity index (χ3v) is 6.95. The van der Waals surface area contributed by atoms with Crippen molar-refractivity contribution in [3.63, 3.8) is 0 Å². The number of fused-ring (bicyclic) bond motifs is 2. The SMILES string of the molecule is CN(C)CCOc1cncc(-c2ccc3[nH]nc(-c4nc5c(-c6cc(F)cc(OCCN(C)C)c6)cccc5[nH]4)c3n2)c1. The van der Waals surface area contributed by atoms with Crippen LogP contribution in [0.25, 0.3) is 56.0 Å². The summed E-state index contributed by atoms with van der Waals surface area (Å²) in [5.74, 6) is 1.33. The molecule has 0 aliphatic carbocycles. The van der Waals surface area contributed by atoms with Gasteiger partial charge >= 0.3 is 0 Å². The van der Waals surface area contributed by atoms with Gasteiger partial charge in [-0.3, -0.25) is 10.1 Å². The molecule has 4 aromatic heterocycles. The zero-order valence-electron chi connectivity index (χ0n) is 24.6. The van der Waals surface area contributed by atoms with E-state index in [1.54, 1.807) is 12.4 Å². The lowest BCUT2D eigenvalue weighted by Crippen LogP contribution is -2.19. The number of benzene rings is 2. The number of rotatable bonds is 11. The Morgan fingerprint density at radius 3 is 2.33 bits per heavy atom. The molecule has 0 bridgehead atoms. The average molecular weight is 581 g/mol. The Balaban J connectivity index is 1.33. The number of likely N-dealkylation sites (N-methyl/N-ethyl adjacent to an activating group) is 2. The molecule has 0 fully saturated rings. The summed E-state index contributed by atoms with van der Waals surface area (Å²) in [6.45, 7) is 2.55. The van der Waals surface area contributed by atoms with Crippen molar-refractivity contribution in [2.24, 2.45) is 0 Å². The Bertz CT molecular complexity index is 1880. The van der Waals surface area contributed by atoms with Crippen LogP contribution in [0.4, 0.5) is 4.39 Å². The van der Waals surface area contributed by atoms with E-state index < -0.39 is 0 Å². The van der Waals surface area contributed by atoms with Gasteiger partial charge in [-0.2, -0.15) is 5.10 Å². The molecule has 0 unspecified atom stereocenters. The summed E-state index contributed by atoms with van der Waals surface area (Å²) in [4.78, 5) is 21.6. The van der Waals surface area contributed by atoms with Gasteiger partial charge in [0.05, 0.1) is 28.4 Å². The van der Waals surface area contributed by atoms with Gasteiger partial charge in [0, 0.05) is 36.5 Å². The first-order chi connectivity index (χ1) is 20.8. The number of pyridine rings is 2. The highest BCUT2D eigenvalue weighted by molar-refractivity contribution is 5.96. The van der Waals surface area contributed by atoms with Crippen molar-refractivity contribution < 1.29 is 13.9 Å². The molecule has 43 heavy (non-hydrogen) atoms. The van der Waals surface area contributed by atoms with Crippen LogP contribution in [-0.2, 0) is 0 Å². The molecular formula is C32H33FN8O2. The number of nitrogens with one attached hydrogen (secondary N) is 2. The van der Waals surface area contributed by atoms with Crippen molar-refractivity contribution in [1.29, 1.82) is 0 Å². The van der Waals surface area contributed by atoms with Gasteiger partial charge in [0.25, 0.3) is 0 Å². The molecule has 11 heteroatoms. The number of para-hydroxylation sites is 1. The summed E-state index contributed by atoms with van der Waals surface area (Å²) in [5, 5.41) is 7.60. The smallest absolute Gasteiger partial charge is 0.161 e. The van der Waals surface area contributed by atoms with Crippen molar-refractivity contribution in [2.45, 2.75) is 0 Å². The summed E-state index contributed by atoms with van der Waals surface area (Å²) < 4.78 is 26.3. The van der Waals surface area contributed by atoms with Gasteiger partial charge in [0.1, 0.15) is 36.0 Å². The fourth-order valence-electron chi connectivity index (χ4n) is 4.73. The van der Waals surface area contributed by atoms with E-state index in [9.17, 15) is 4.39 Å². The Morgan fingerprint density at radius 1 is 0.767 bits per heavy atom. The highest BCUT2D eigenvalue weighted by Gasteiger charge is 2.18. The Hall–Kier alpha value is -4.87. The van der Waals surface area contributed by atoms with Crippen LogP contribution < -0.4 is 9.47 Å². The number of imidazole rings is 1. The van der Waals surface area contributed by atoms with E-state index in [1.807, 2.05) is 75.6 Å². The third-order valence-electron chi connectivity index (χ3n) is 6.95. The summed E-state index contributed by atoms with van der Waals surface area (Å²) in [5.41, 5.74) is 6.54. The number of hydrogen-bond donors (Lipinski definition) is 2. The maximum absolute atomic E-state index is 14.6. The van der Waals surface area contributed by atoms with E-state index in [0.29, 0.717) is 52.8 Å². The van der Waals surface area contributed by atoms with Gasteiger partial charge in [-0.05, 0) is 70.2 Å². The minimum atomic E-state index is -0.373. The van der Waals surface area contributed by atoms with Gasteiger partial charge in [-0.25, -0.2) is 14.4 Å². The number of aromatic amines is 2. The molecule has 0 spiro atoms. The molecule has 2 N–H and O–H groups in total. The standard InChI is InChI=1S/C32H33FN8O2/c1-40(2)10-12-42-23-15-20(14-22(33)17-23)25-6-5-7-27-29(25)37-32(36-27)31-30-28(38-39-31)9-8-26(35-30)21-16-24(19-34-18-21)43-13-11-41(3)4/h5-9,14-19H,10-13H2,1-4H3,(H,36,37)(H,38,39). The predicted octanol–water partition coefficient (Wildman–Crippen LogP) is 5.25. The number of ether oxygens (including phenoxy) is 2. The van der Waals surface area contributed by atoms with Gasteiger partial charge in [0.2, 0.25) is 0 Å². The fraction of sp³-hybridized carbons (Fsp3) is 0.250. The lowest BCUT2D eigenvalue weighted by atomic mass is 10.0. The second kappa shape index (κ2) is 12.2. The topological polar surface area (TPSA) is 108 Å². The van der Waals surface area contributed by atoms with Crippen molar-refractivity contribution in [1.82, 2.24) is 39.9 Å². The molecule has 0 aliphatic rings. The lowest BCUT2D eigenvalue weighted by molar-refractivity contribution is 0.260. The minimum Gasteiger partial charge on any atom is -0.492 e. The molecule has 6 rings (SSSR count). The number of hydrogen-bond acceptors (Lipinski definition) is 8. The predicted molar refractivity (Wildman–Crippen MR) is 166 cm³/mol. The van der Waals surface area contributed by atoms with E-state index in [0.717, 1.165) is 40.9 Å². The van der Waals surface area contributed by atoms with Crippen LogP contribution in [0.3, 0.4) is 0 Å². The fourth-order valence-corrected chi connectivity index (χ4v) is 4.73. The van der Waals surface area contributed by atoms with Crippen molar-refractivity contribution >= 4 is 22.1 Å². The van der Waals surface area contributed by atoms with Crippen LogP contribution in [0, 0.1) is 5.82 Å². The summed E-state index contributed by atoms with van der Waals surface area (Å²) in [6, 6.07) is 16.3. The molecule has 0 aliphatic heterocycles. The largest absolute Gasteiger partial charge is 0.492 e. The lowest BCUT2D eigenvalue weighted by Gasteiger charge is -2.12. The summed E-state index contributed by atoms with van der Waals surface area (Å²) in [6.07, 6.45) is 3.46. The van der Waals surface area contributed by atoms with E-state index >= 15 is 0 Å². The Morgan fingerprint density at radius 2 is 1.53 bits per heavy atom. The second-order valence-electron chi connectivity index (χ2n) is 10.8. The molecule has 0 saturated heterocycles. The minimum absolute atomic E-state index is 0.373. The zero-order valence-corrected chi connectivity index (χ0v) is 24.6. The maximum atomic E-state index is 14.6. The normalized spacial score (nSPS) is 11.7. The number of aromatic nitrogens is 6. The molecule has 0 saturated carbocycles. The highest BCUT2D eigenvalue weighted by Crippen LogP contribution is 2.34. The first kappa shape index (κ1) is 28.3. The quantitative estimate of drug-likeness (QED) is 0.214. The number of nitrogens with zero attached hydrogens (tertiary/aromatic N) is 6. The zero-order chi connectivity index (χ0) is 29.9. The van der Waals surface area contributed by atoms with Crippen LogP contribution in [0.1, 0.15) is 0 Å². The average Bonchev–Trinajstić information content (AvgIpc) is 3.60. The molecule has 4 heterocycles. The van der Waals surface area contributed by atoms with E-state index in [4.69, 9.17) is 19.4 Å². The molecule has 6 aromatic rings. The van der Waals surface area contributed by atoms with Crippen molar-refractivity contribution in [3.8, 4) is 45.4 Å². The van der Waals surface area contributed by atoms with Crippen molar-refractivity contribution in [2.75, 3.05) is 54.5 Å². The Kier molecular flexibility index (Phi) is 7.99. The van der Waals surface area contributed by atoms with Crippen LogP contribution in [0.5, 0.6) is 11.5 Å². The molecule has 0 radical (unpaired) electrons. The molecule has 220 valence electrons. The van der Waals surface area contributed by atoms with Crippen LogP contribution in [0.15, 0.2) is 67.0 Å². The van der Waals surface area contributed by atoms with Gasteiger partial charge in [-0.15, -0.1) is 0 Å². The van der Waals surface area contributed by atoms with Gasteiger partial charge in [0.15, 0.2) is 11.5 Å². The molecular weight excluding hydrogens is 547 g/mol. The van der Waals surface area contributed by atoms with Crippen LogP contribution >= 0.6 is 0 Å². The molecule has 0 amide bonds. The maximum Gasteiger partial charge on any atom is 0.161 e. The highest BCUT2D eigenvalue weighted by atomic mass is 19.1. The van der Waals surface area contributed by atoms with Crippen LogP contribution in [-0.4, -0.2) is 94.4 Å². The monoisotopic (exact) mass is 580 g/mol. The molecule has 10 nitrogen and oxygen atoms in total. The first-order valence-corrected chi connectivity index (χ1v) is 14.0. The van der Waals surface area contributed by atoms with E-state index in [1.165, 1.54) is 12.1 Å². The summed E-state index contributed by atoms with van der Waals surface area (Å²) in [7, 11) is 7.94.